The number of nitrogens with zero attached hydrogens (tertiary/aromatic N) is 2. The van der Waals surface area contributed by atoms with E-state index in [0.29, 0.717) is 36.2 Å². The van der Waals surface area contributed by atoms with E-state index < -0.39 is 10.0 Å². The standard InChI is InChI=1S/C24H24N2O7S/c27-24(22-8-6-19(33-22)17-32-18-4-2-1-3-5-18)25-10-12-26(13-11-25)34(28,29)20-7-9-21-23(16-20)31-15-14-30-21/h1-9,16H,10-15,17H2. The van der Waals surface area contributed by atoms with E-state index in [-0.39, 0.29) is 49.3 Å². The van der Waals surface area contributed by atoms with Gasteiger partial charge in [0.2, 0.25) is 10.0 Å². The highest BCUT2D eigenvalue weighted by Gasteiger charge is 2.32. The molecule has 0 unspecified atom stereocenters. The number of amides is 1. The van der Waals surface area contributed by atoms with Crippen molar-refractivity contribution in [2.45, 2.75) is 11.5 Å². The van der Waals surface area contributed by atoms with Gasteiger partial charge in [-0.05, 0) is 36.4 Å². The Balaban J connectivity index is 1.19. The number of para-hydroxylation sites is 1. The highest BCUT2D eigenvalue weighted by Crippen LogP contribution is 2.33. The van der Waals surface area contributed by atoms with Gasteiger partial charge in [-0.15, -0.1) is 0 Å². The normalized spacial score (nSPS) is 16.3. The van der Waals surface area contributed by atoms with Crippen molar-refractivity contribution in [1.29, 1.82) is 0 Å². The van der Waals surface area contributed by atoms with Gasteiger partial charge < -0.3 is 23.5 Å². The Kier molecular flexibility index (Phi) is 6.16. The number of carbonyl (C=O) groups is 1. The summed E-state index contributed by atoms with van der Waals surface area (Å²) in [6, 6.07) is 17.3. The van der Waals surface area contributed by atoms with Crippen LogP contribution in [0.3, 0.4) is 0 Å². The van der Waals surface area contributed by atoms with Crippen LogP contribution in [0.25, 0.3) is 0 Å². The van der Waals surface area contributed by atoms with Crippen molar-refractivity contribution in [3.8, 4) is 17.2 Å². The van der Waals surface area contributed by atoms with Crippen LogP contribution in [0.5, 0.6) is 17.2 Å². The number of benzene rings is 2. The fourth-order valence-electron chi connectivity index (χ4n) is 3.86. The van der Waals surface area contributed by atoms with Gasteiger partial charge in [0.1, 0.15) is 31.3 Å². The molecule has 10 heteroatoms. The summed E-state index contributed by atoms with van der Waals surface area (Å²) >= 11 is 0. The van der Waals surface area contributed by atoms with Crippen LogP contribution in [-0.4, -0.2) is 62.9 Å². The third-order valence-electron chi connectivity index (χ3n) is 5.67. The van der Waals surface area contributed by atoms with E-state index in [0.717, 1.165) is 0 Å². The lowest BCUT2D eigenvalue weighted by Crippen LogP contribution is -2.50. The molecule has 0 radical (unpaired) electrons. The van der Waals surface area contributed by atoms with E-state index in [2.05, 4.69) is 0 Å². The van der Waals surface area contributed by atoms with Gasteiger partial charge >= 0.3 is 0 Å². The van der Waals surface area contributed by atoms with E-state index in [4.69, 9.17) is 18.6 Å². The molecule has 2 aliphatic heterocycles. The molecule has 1 fully saturated rings. The van der Waals surface area contributed by atoms with Gasteiger partial charge in [-0.3, -0.25) is 4.79 Å². The number of carbonyl (C=O) groups excluding carboxylic acids is 1. The molecule has 0 bridgehead atoms. The van der Waals surface area contributed by atoms with Crippen molar-refractivity contribution in [1.82, 2.24) is 9.21 Å². The second-order valence-corrected chi connectivity index (χ2v) is 9.81. The van der Waals surface area contributed by atoms with E-state index in [9.17, 15) is 13.2 Å². The van der Waals surface area contributed by atoms with Gasteiger partial charge in [-0.2, -0.15) is 4.31 Å². The summed E-state index contributed by atoms with van der Waals surface area (Å²) in [5.74, 6) is 2.13. The third kappa shape index (κ3) is 4.59. The minimum absolute atomic E-state index is 0.144. The molecule has 1 amide bonds. The second kappa shape index (κ2) is 9.40. The summed E-state index contributed by atoms with van der Waals surface area (Å²) in [6.45, 7) is 1.92. The smallest absolute Gasteiger partial charge is 0.289 e. The van der Waals surface area contributed by atoms with Gasteiger partial charge in [0.25, 0.3) is 5.91 Å². The van der Waals surface area contributed by atoms with Crippen molar-refractivity contribution in [3.05, 3.63) is 72.2 Å². The number of rotatable bonds is 6. The second-order valence-electron chi connectivity index (χ2n) is 7.87. The van der Waals surface area contributed by atoms with Gasteiger partial charge in [0.15, 0.2) is 17.3 Å². The molecule has 0 atom stereocenters. The third-order valence-corrected chi connectivity index (χ3v) is 7.57. The first-order valence-corrected chi connectivity index (χ1v) is 12.4. The van der Waals surface area contributed by atoms with E-state index >= 15 is 0 Å². The zero-order chi connectivity index (χ0) is 23.5. The first kappa shape index (κ1) is 22.3. The molecule has 2 aromatic carbocycles. The van der Waals surface area contributed by atoms with Gasteiger partial charge in [0.05, 0.1) is 4.90 Å². The molecule has 0 aliphatic carbocycles. The van der Waals surface area contributed by atoms with Crippen LogP contribution in [0.15, 0.2) is 70.0 Å². The topological polar surface area (TPSA) is 98.5 Å². The van der Waals surface area contributed by atoms with Crippen LogP contribution in [0.2, 0.25) is 0 Å². The molecule has 3 aromatic rings. The van der Waals surface area contributed by atoms with Crippen molar-refractivity contribution in [2.75, 3.05) is 39.4 Å². The monoisotopic (exact) mass is 484 g/mol. The Labute approximate surface area is 197 Å². The summed E-state index contributed by atoms with van der Waals surface area (Å²) in [7, 11) is -3.72. The molecule has 9 nitrogen and oxygen atoms in total. The van der Waals surface area contributed by atoms with Gasteiger partial charge in [-0.1, -0.05) is 18.2 Å². The number of sulfonamides is 1. The van der Waals surface area contributed by atoms with Crippen molar-refractivity contribution >= 4 is 15.9 Å². The van der Waals surface area contributed by atoms with Crippen LogP contribution < -0.4 is 14.2 Å². The predicted octanol–water partition coefficient (Wildman–Crippen LogP) is 2.78. The van der Waals surface area contributed by atoms with E-state index in [1.54, 1.807) is 23.1 Å². The Hall–Kier alpha value is -3.50. The molecule has 3 heterocycles. The number of piperazine rings is 1. The zero-order valence-electron chi connectivity index (χ0n) is 18.4. The summed E-state index contributed by atoms with van der Waals surface area (Å²) in [5, 5.41) is 0. The molecular weight excluding hydrogens is 460 g/mol. The Morgan fingerprint density at radius 1 is 0.882 bits per heavy atom. The lowest BCUT2D eigenvalue weighted by molar-refractivity contribution is 0.0662. The quantitative estimate of drug-likeness (QED) is 0.531. The summed E-state index contributed by atoms with van der Waals surface area (Å²) in [5.41, 5.74) is 0. The molecule has 1 saturated heterocycles. The van der Waals surface area contributed by atoms with Crippen LogP contribution >= 0.6 is 0 Å². The fraction of sp³-hybridized carbons (Fsp3) is 0.292. The minimum Gasteiger partial charge on any atom is -0.486 e. The summed E-state index contributed by atoms with van der Waals surface area (Å²) in [6.07, 6.45) is 0. The van der Waals surface area contributed by atoms with Crippen molar-refractivity contribution in [3.63, 3.8) is 0 Å². The molecule has 2 aliphatic rings. The molecule has 5 rings (SSSR count). The van der Waals surface area contributed by atoms with Crippen LogP contribution in [-0.2, 0) is 16.6 Å². The van der Waals surface area contributed by atoms with Crippen molar-refractivity contribution < 1.29 is 31.8 Å². The zero-order valence-corrected chi connectivity index (χ0v) is 19.2. The number of hydrogen-bond donors (Lipinski definition) is 0. The molecular formula is C24H24N2O7S. The number of fused-ring (bicyclic) bond motifs is 1. The predicted molar refractivity (Wildman–Crippen MR) is 122 cm³/mol. The lowest BCUT2D eigenvalue weighted by atomic mass is 10.3. The number of hydrogen-bond acceptors (Lipinski definition) is 7. The molecule has 0 saturated carbocycles. The Morgan fingerprint density at radius 2 is 1.62 bits per heavy atom. The summed E-state index contributed by atoms with van der Waals surface area (Å²) in [4.78, 5) is 14.6. The van der Waals surface area contributed by atoms with Crippen LogP contribution in [0, 0.1) is 0 Å². The van der Waals surface area contributed by atoms with Gasteiger partial charge in [0, 0.05) is 32.2 Å². The summed E-state index contributed by atoms with van der Waals surface area (Å²) < 4.78 is 49.9. The maximum atomic E-state index is 13.1. The van der Waals surface area contributed by atoms with Crippen LogP contribution in [0.4, 0.5) is 0 Å². The Morgan fingerprint density at radius 3 is 2.38 bits per heavy atom. The number of ether oxygens (including phenoxy) is 3. The fourth-order valence-corrected chi connectivity index (χ4v) is 5.30. The van der Waals surface area contributed by atoms with E-state index in [1.807, 2.05) is 30.3 Å². The highest BCUT2D eigenvalue weighted by molar-refractivity contribution is 7.89. The maximum Gasteiger partial charge on any atom is 0.289 e. The SMILES string of the molecule is O=C(c1ccc(COc2ccccc2)o1)N1CCN(S(=O)(=O)c2ccc3c(c2)OCCO3)CC1. The lowest BCUT2D eigenvalue weighted by Gasteiger charge is -2.33. The number of furan rings is 1. The average Bonchev–Trinajstić information content (AvgIpc) is 3.36. The molecule has 0 spiro atoms. The largest absolute Gasteiger partial charge is 0.486 e. The Bertz CT molecular complexity index is 1270. The molecule has 178 valence electrons. The van der Waals surface area contributed by atoms with Gasteiger partial charge in [-0.25, -0.2) is 8.42 Å². The molecule has 34 heavy (non-hydrogen) atoms. The van der Waals surface area contributed by atoms with Crippen LogP contribution in [0.1, 0.15) is 16.3 Å². The highest BCUT2D eigenvalue weighted by atomic mass is 32.2. The molecule has 0 N–H and O–H groups in total. The molecule has 1 aromatic heterocycles. The first-order chi connectivity index (χ1) is 16.5. The maximum absolute atomic E-state index is 13.1. The minimum atomic E-state index is -3.72. The first-order valence-electron chi connectivity index (χ1n) is 11.0. The van der Waals surface area contributed by atoms with E-state index in [1.165, 1.54) is 16.4 Å². The average molecular weight is 485 g/mol. The van der Waals surface area contributed by atoms with Crippen molar-refractivity contribution in [2.24, 2.45) is 0 Å².